The van der Waals surface area contributed by atoms with Gasteiger partial charge in [0.15, 0.2) is 21.2 Å². The maximum absolute atomic E-state index is 13.7. The summed E-state index contributed by atoms with van der Waals surface area (Å²) in [6.45, 7) is 3.63. The summed E-state index contributed by atoms with van der Waals surface area (Å²) < 4.78 is 16.7. The molecule has 0 N–H and O–H groups in total. The predicted molar refractivity (Wildman–Crippen MR) is 106 cm³/mol. The predicted octanol–water partition coefficient (Wildman–Crippen LogP) is 2.51. The van der Waals surface area contributed by atoms with Crippen molar-refractivity contribution in [3.63, 3.8) is 0 Å². The number of benzene rings is 1. The molecule has 1 aromatic rings. The minimum atomic E-state index is -1.12. The number of carbonyl (C=O) groups excluding carboxylic acids is 2. The average molecular weight is 434 g/mol. The zero-order valence-electron chi connectivity index (χ0n) is 16.3. The number of carbonyl (C=O) groups is 2. The van der Waals surface area contributed by atoms with E-state index in [0.717, 1.165) is 0 Å². The minimum Gasteiger partial charge on any atom is -0.492 e. The van der Waals surface area contributed by atoms with Crippen LogP contribution in [0, 0.1) is 16.7 Å². The van der Waals surface area contributed by atoms with E-state index in [1.165, 1.54) is 33.6 Å². The highest BCUT2D eigenvalue weighted by molar-refractivity contribution is 8.78. The summed E-state index contributed by atoms with van der Waals surface area (Å²) in [6.07, 6.45) is 0.238. The number of fused-ring (bicyclic) bond motifs is 3. The Balaban J connectivity index is 1.75. The molecule has 4 unspecified atom stereocenters. The van der Waals surface area contributed by atoms with Crippen LogP contribution in [0.4, 0.5) is 0 Å². The number of nitrogens with zero attached hydrogens (tertiary/aromatic N) is 3. The fourth-order valence-electron chi connectivity index (χ4n) is 4.77. The molecule has 1 aromatic carbocycles. The van der Waals surface area contributed by atoms with Crippen molar-refractivity contribution in [2.24, 2.45) is 5.41 Å². The van der Waals surface area contributed by atoms with E-state index in [0.29, 0.717) is 22.8 Å². The molecule has 1 spiro atoms. The molecule has 152 valence electrons. The molecular formula is C19H19N3O5S2. The van der Waals surface area contributed by atoms with E-state index in [9.17, 15) is 14.9 Å². The summed E-state index contributed by atoms with van der Waals surface area (Å²) in [7, 11) is 5.94. The topological polar surface area (TPSA) is 92.1 Å². The number of hydrogen-bond acceptors (Lipinski definition) is 8. The molecule has 0 saturated carbocycles. The lowest BCUT2D eigenvalue weighted by molar-refractivity contribution is -0.164. The zero-order chi connectivity index (χ0) is 20.8. The number of rotatable bonds is 2. The van der Waals surface area contributed by atoms with E-state index in [-0.39, 0.29) is 25.0 Å². The molecular weight excluding hydrogens is 414 g/mol. The highest BCUT2D eigenvalue weighted by atomic mass is 33.1. The van der Waals surface area contributed by atoms with Crippen LogP contribution in [0.1, 0.15) is 31.9 Å². The fourth-order valence-corrected chi connectivity index (χ4v) is 8.35. The molecule has 4 fully saturated rings. The average Bonchev–Trinajstić information content (AvgIpc) is 3.29. The summed E-state index contributed by atoms with van der Waals surface area (Å²) in [6, 6.07) is 5.30. The van der Waals surface area contributed by atoms with Crippen LogP contribution in [0.25, 0.3) is 0 Å². The number of methoxy groups -OCH3 is 1. The molecule has 5 aliphatic rings. The highest BCUT2D eigenvalue weighted by Crippen LogP contribution is 2.70. The maximum Gasteiger partial charge on any atom is 0.261 e. The van der Waals surface area contributed by atoms with Crippen LogP contribution in [0.15, 0.2) is 12.1 Å². The second kappa shape index (κ2) is 5.67. The van der Waals surface area contributed by atoms with Gasteiger partial charge in [0.2, 0.25) is 12.5 Å². The fraction of sp³-hybridized carbons (Fsp3) is 0.526. The van der Waals surface area contributed by atoms with Gasteiger partial charge in [-0.3, -0.25) is 9.59 Å². The van der Waals surface area contributed by atoms with Crippen molar-refractivity contribution in [2.45, 2.75) is 36.1 Å². The van der Waals surface area contributed by atoms with Gasteiger partial charge in [0.05, 0.1) is 24.6 Å². The third kappa shape index (κ3) is 2.02. The van der Waals surface area contributed by atoms with Crippen LogP contribution >= 0.6 is 21.6 Å². The standard InChI is InChI=1S/C19H19N3O5S2/c1-17(8-20)7-19-16(24)21(3)18(2,28-29-19)15(23)22(19)14(17)10-5-6-11-13(12(10)25-4)27-9-26-11/h5-6,14H,7,9H2,1-4H3. The number of likely N-dealkylation sites (N-methyl/N-ethyl adjacent to an activating group) is 1. The highest BCUT2D eigenvalue weighted by Gasteiger charge is 2.75. The molecule has 0 radical (unpaired) electrons. The number of ether oxygens (including phenoxy) is 3. The van der Waals surface area contributed by atoms with Crippen LogP contribution in [-0.2, 0) is 9.59 Å². The number of nitriles is 1. The summed E-state index contributed by atoms with van der Waals surface area (Å²) in [5.74, 6) is 1.12. The van der Waals surface area contributed by atoms with E-state index in [1.807, 2.05) is 0 Å². The van der Waals surface area contributed by atoms with Crippen molar-refractivity contribution in [3.8, 4) is 23.3 Å². The lowest BCUT2D eigenvalue weighted by atomic mass is 9.79. The molecule has 10 heteroatoms. The Morgan fingerprint density at radius 1 is 1.24 bits per heavy atom. The van der Waals surface area contributed by atoms with Gasteiger partial charge in [-0.15, -0.1) is 0 Å². The van der Waals surface area contributed by atoms with Gasteiger partial charge in [-0.05, 0) is 26.0 Å². The first-order valence-corrected chi connectivity index (χ1v) is 11.2. The van der Waals surface area contributed by atoms with Crippen molar-refractivity contribution in [3.05, 3.63) is 17.7 Å². The van der Waals surface area contributed by atoms with E-state index in [2.05, 4.69) is 6.07 Å². The number of piperazine rings is 1. The third-order valence-corrected chi connectivity index (χ3v) is 10.1. The minimum absolute atomic E-state index is 0.0791. The van der Waals surface area contributed by atoms with Gasteiger partial charge in [-0.25, -0.2) is 0 Å². The maximum atomic E-state index is 13.7. The van der Waals surface area contributed by atoms with Gasteiger partial charge < -0.3 is 24.0 Å². The number of hydrogen-bond donors (Lipinski definition) is 0. The molecule has 29 heavy (non-hydrogen) atoms. The quantitative estimate of drug-likeness (QED) is 0.657. The molecule has 0 aromatic heterocycles. The second-order valence-electron chi connectivity index (χ2n) is 8.00. The van der Waals surface area contributed by atoms with Gasteiger partial charge >= 0.3 is 0 Å². The first-order valence-electron chi connectivity index (χ1n) is 9.10. The Morgan fingerprint density at radius 3 is 2.69 bits per heavy atom. The molecule has 8 nitrogen and oxygen atoms in total. The first-order chi connectivity index (χ1) is 13.7. The molecule has 0 aliphatic carbocycles. The monoisotopic (exact) mass is 433 g/mol. The van der Waals surface area contributed by atoms with Crippen molar-refractivity contribution in [1.29, 1.82) is 5.26 Å². The normalized spacial score (nSPS) is 37.0. The summed E-state index contributed by atoms with van der Waals surface area (Å²) in [4.78, 5) is 28.0. The zero-order valence-corrected chi connectivity index (χ0v) is 18.0. The van der Waals surface area contributed by atoms with E-state index in [1.54, 1.807) is 37.9 Å². The summed E-state index contributed by atoms with van der Waals surface area (Å²) in [5, 5.41) is 10.2. The molecule has 2 amide bonds. The van der Waals surface area contributed by atoms with Crippen LogP contribution in [0.3, 0.4) is 0 Å². The first kappa shape index (κ1) is 18.8. The number of amides is 2. The Labute approximate surface area is 175 Å². The third-order valence-electron chi connectivity index (χ3n) is 6.37. The Hall–Kier alpha value is -2.25. The smallest absolute Gasteiger partial charge is 0.261 e. The van der Waals surface area contributed by atoms with Gasteiger partial charge in [0.1, 0.15) is 0 Å². The van der Waals surface area contributed by atoms with Crippen molar-refractivity contribution in [1.82, 2.24) is 9.80 Å². The molecule has 5 heterocycles. The summed E-state index contributed by atoms with van der Waals surface area (Å²) >= 11 is 0. The van der Waals surface area contributed by atoms with Gasteiger partial charge in [0.25, 0.3) is 11.8 Å². The van der Waals surface area contributed by atoms with E-state index in [4.69, 9.17) is 14.2 Å². The lowest BCUT2D eigenvalue weighted by Gasteiger charge is -2.57. The van der Waals surface area contributed by atoms with Crippen LogP contribution in [0.2, 0.25) is 0 Å². The summed E-state index contributed by atoms with van der Waals surface area (Å²) in [5.41, 5.74) is -0.348. The Bertz CT molecular complexity index is 1010. The Kier molecular flexibility index (Phi) is 3.67. The molecule has 6 rings (SSSR count). The van der Waals surface area contributed by atoms with Crippen LogP contribution < -0.4 is 14.2 Å². The molecule has 5 aliphatic heterocycles. The van der Waals surface area contributed by atoms with Crippen molar-refractivity contribution in [2.75, 3.05) is 21.0 Å². The van der Waals surface area contributed by atoms with Crippen LogP contribution in [-0.4, -0.2) is 52.3 Å². The van der Waals surface area contributed by atoms with Gasteiger partial charge in [0, 0.05) is 19.0 Å². The largest absolute Gasteiger partial charge is 0.492 e. The van der Waals surface area contributed by atoms with E-state index < -0.39 is 21.2 Å². The van der Waals surface area contributed by atoms with Crippen LogP contribution in [0.5, 0.6) is 17.2 Å². The molecule has 4 atom stereocenters. The Morgan fingerprint density at radius 2 is 2.00 bits per heavy atom. The molecule has 2 bridgehead atoms. The lowest BCUT2D eigenvalue weighted by Crippen LogP contribution is -2.73. The van der Waals surface area contributed by atoms with Gasteiger partial charge in [-0.1, -0.05) is 21.6 Å². The van der Waals surface area contributed by atoms with Gasteiger partial charge in [-0.2, -0.15) is 5.26 Å². The SMILES string of the molecule is COc1c(C2N3C(=O)C4(C)SSC3(CC2(C)C#N)C(=O)N4C)ccc2c1OCO2. The molecule has 4 saturated heterocycles. The van der Waals surface area contributed by atoms with Crippen molar-refractivity contribution >= 4 is 33.4 Å². The van der Waals surface area contributed by atoms with E-state index >= 15 is 0 Å². The second-order valence-corrected chi connectivity index (χ2v) is 10.8. The van der Waals surface area contributed by atoms with Crippen molar-refractivity contribution < 1.29 is 23.8 Å².